The standard InChI is InChI=1S/C12H15BrClNO/c13-9-5-4-8(10(14)6-9)7-15-11-2-1-3-12(11)16/h4-6,11-12,15-16H,1-3,7H2. The Hall–Kier alpha value is -0.0900. The molecular formula is C12H15BrClNO. The van der Waals surface area contributed by atoms with Crippen molar-refractivity contribution in [2.75, 3.05) is 0 Å². The van der Waals surface area contributed by atoms with Gasteiger partial charge in [0.25, 0.3) is 0 Å². The van der Waals surface area contributed by atoms with Crippen LogP contribution in [0.2, 0.25) is 5.02 Å². The van der Waals surface area contributed by atoms with Crippen LogP contribution in [-0.2, 0) is 6.54 Å². The van der Waals surface area contributed by atoms with E-state index in [0.717, 1.165) is 34.3 Å². The molecule has 1 aromatic carbocycles. The first kappa shape index (κ1) is 12.4. The SMILES string of the molecule is OC1CCCC1NCc1ccc(Br)cc1Cl. The summed E-state index contributed by atoms with van der Waals surface area (Å²) >= 11 is 9.50. The first-order valence-electron chi connectivity index (χ1n) is 5.52. The molecule has 0 amide bonds. The summed E-state index contributed by atoms with van der Waals surface area (Å²) in [6.07, 6.45) is 2.86. The lowest BCUT2D eigenvalue weighted by atomic mass is 10.2. The van der Waals surface area contributed by atoms with Crippen molar-refractivity contribution in [3.63, 3.8) is 0 Å². The molecule has 1 fully saturated rings. The molecule has 2 atom stereocenters. The molecule has 1 aromatic rings. The zero-order valence-electron chi connectivity index (χ0n) is 8.92. The van der Waals surface area contributed by atoms with E-state index in [1.165, 1.54) is 0 Å². The first-order chi connectivity index (χ1) is 7.66. The van der Waals surface area contributed by atoms with Gasteiger partial charge in [0.15, 0.2) is 0 Å². The Bertz CT molecular complexity index is 372. The van der Waals surface area contributed by atoms with Gasteiger partial charge in [-0.2, -0.15) is 0 Å². The molecule has 0 radical (unpaired) electrons. The van der Waals surface area contributed by atoms with Gasteiger partial charge in [0.2, 0.25) is 0 Å². The second-order valence-corrected chi connectivity index (χ2v) is 5.54. The number of nitrogens with one attached hydrogen (secondary N) is 1. The van der Waals surface area contributed by atoms with E-state index in [4.69, 9.17) is 11.6 Å². The first-order valence-corrected chi connectivity index (χ1v) is 6.69. The van der Waals surface area contributed by atoms with Gasteiger partial charge in [0.1, 0.15) is 0 Å². The molecule has 0 bridgehead atoms. The summed E-state index contributed by atoms with van der Waals surface area (Å²) in [6.45, 7) is 0.716. The van der Waals surface area contributed by atoms with Crippen molar-refractivity contribution in [2.45, 2.75) is 38.0 Å². The molecule has 2 unspecified atom stereocenters. The van der Waals surface area contributed by atoms with Crippen molar-refractivity contribution in [1.82, 2.24) is 5.32 Å². The largest absolute Gasteiger partial charge is 0.392 e. The van der Waals surface area contributed by atoms with Crippen LogP contribution < -0.4 is 5.32 Å². The predicted octanol–water partition coefficient (Wildman–Crippen LogP) is 3.11. The van der Waals surface area contributed by atoms with Gasteiger partial charge >= 0.3 is 0 Å². The minimum atomic E-state index is -0.200. The fourth-order valence-corrected chi connectivity index (χ4v) is 2.82. The molecule has 2 N–H and O–H groups in total. The highest BCUT2D eigenvalue weighted by molar-refractivity contribution is 9.10. The predicted molar refractivity (Wildman–Crippen MR) is 69.6 cm³/mol. The number of aliphatic hydroxyl groups excluding tert-OH is 1. The molecule has 88 valence electrons. The highest BCUT2D eigenvalue weighted by atomic mass is 79.9. The fraction of sp³-hybridized carbons (Fsp3) is 0.500. The van der Waals surface area contributed by atoms with E-state index in [1.54, 1.807) is 0 Å². The Labute approximate surface area is 109 Å². The summed E-state index contributed by atoms with van der Waals surface area (Å²) in [5, 5.41) is 13.8. The number of benzene rings is 1. The van der Waals surface area contributed by atoms with E-state index in [2.05, 4.69) is 21.2 Å². The van der Waals surface area contributed by atoms with Gasteiger partial charge in [-0.25, -0.2) is 0 Å². The van der Waals surface area contributed by atoms with E-state index >= 15 is 0 Å². The average Bonchev–Trinajstić information content (AvgIpc) is 2.63. The summed E-state index contributed by atoms with van der Waals surface area (Å²) in [7, 11) is 0. The molecule has 4 heteroatoms. The minimum Gasteiger partial charge on any atom is -0.392 e. The number of rotatable bonds is 3. The summed E-state index contributed by atoms with van der Waals surface area (Å²) < 4.78 is 0.988. The summed E-state index contributed by atoms with van der Waals surface area (Å²) in [6, 6.07) is 6.10. The van der Waals surface area contributed by atoms with Gasteiger partial charge in [0.05, 0.1) is 6.10 Å². The second-order valence-electron chi connectivity index (χ2n) is 4.22. The third-order valence-corrected chi connectivity index (χ3v) is 3.89. The van der Waals surface area contributed by atoms with Crippen molar-refractivity contribution in [2.24, 2.45) is 0 Å². The average molecular weight is 305 g/mol. The lowest BCUT2D eigenvalue weighted by molar-refractivity contribution is 0.148. The maximum absolute atomic E-state index is 9.68. The smallest absolute Gasteiger partial charge is 0.0693 e. The van der Waals surface area contributed by atoms with Gasteiger partial charge in [0, 0.05) is 22.1 Å². The molecule has 0 saturated heterocycles. The highest BCUT2D eigenvalue weighted by Gasteiger charge is 2.24. The molecule has 1 aliphatic rings. The zero-order valence-corrected chi connectivity index (χ0v) is 11.3. The molecule has 1 saturated carbocycles. The quantitative estimate of drug-likeness (QED) is 0.899. The molecule has 2 nitrogen and oxygen atoms in total. The third kappa shape index (κ3) is 2.98. The Balaban J connectivity index is 1.94. The van der Waals surface area contributed by atoms with E-state index < -0.39 is 0 Å². The maximum atomic E-state index is 9.68. The van der Waals surface area contributed by atoms with Crippen LogP contribution in [0.1, 0.15) is 24.8 Å². The number of hydrogen-bond donors (Lipinski definition) is 2. The molecule has 16 heavy (non-hydrogen) atoms. The van der Waals surface area contributed by atoms with Crippen molar-refractivity contribution in [1.29, 1.82) is 0 Å². The minimum absolute atomic E-state index is 0.200. The van der Waals surface area contributed by atoms with Gasteiger partial charge in [-0.15, -0.1) is 0 Å². The number of hydrogen-bond acceptors (Lipinski definition) is 2. The fourth-order valence-electron chi connectivity index (χ4n) is 2.08. The summed E-state index contributed by atoms with van der Waals surface area (Å²) in [5.41, 5.74) is 1.07. The summed E-state index contributed by atoms with van der Waals surface area (Å²) in [5.74, 6) is 0. The third-order valence-electron chi connectivity index (χ3n) is 3.05. The van der Waals surface area contributed by atoms with E-state index in [9.17, 15) is 5.11 Å². The lowest BCUT2D eigenvalue weighted by Gasteiger charge is -2.16. The number of halogens is 2. The topological polar surface area (TPSA) is 32.3 Å². The van der Waals surface area contributed by atoms with Gasteiger partial charge in [-0.3, -0.25) is 0 Å². The van der Waals surface area contributed by atoms with Crippen molar-refractivity contribution in [3.8, 4) is 0 Å². The van der Waals surface area contributed by atoms with Crippen LogP contribution in [0.5, 0.6) is 0 Å². The Morgan fingerprint density at radius 3 is 2.88 bits per heavy atom. The van der Waals surface area contributed by atoms with Crippen LogP contribution in [0.3, 0.4) is 0 Å². The van der Waals surface area contributed by atoms with Crippen molar-refractivity contribution in [3.05, 3.63) is 33.3 Å². The van der Waals surface area contributed by atoms with E-state index in [-0.39, 0.29) is 12.1 Å². The van der Waals surface area contributed by atoms with E-state index in [1.807, 2.05) is 18.2 Å². The number of aliphatic hydroxyl groups is 1. The van der Waals surface area contributed by atoms with Crippen LogP contribution in [0.25, 0.3) is 0 Å². The van der Waals surface area contributed by atoms with Crippen LogP contribution in [0.15, 0.2) is 22.7 Å². The van der Waals surface area contributed by atoms with Crippen LogP contribution in [-0.4, -0.2) is 17.3 Å². The zero-order chi connectivity index (χ0) is 11.5. The molecule has 0 heterocycles. The molecule has 0 aliphatic heterocycles. The van der Waals surface area contributed by atoms with Crippen LogP contribution in [0.4, 0.5) is 0 Å². The van der Waals surface area contributed by atoms with Crippen molar-refractivity contribution >= 4 is 27.5 Å². The molecule has 0 spiro atoms. The van der Waals surface area contributed by atoms with Crippen LogP contribution in [0, 0.1) is 0 Å². The van der Waals surface area contributed by atoms with Gasteiger partial charge < -0.3 is 10.4 Å². The Kier molecular flexibility index (Phi) is 4.25. The lowest BCUT2D eigenvalue weighted by Crippen LogP contribution is -2.35. The monoisotopic (exact) mass is 303 g/mol. The van der Waals surface area contributed by atoms with Crippen molar-refractivity contribution < 1.29 is 5.11 Å². The Morgan fingerprint density at radius 2 is 2.25 bits per heavy atom. The van der Waals surface area contributed by atoms with Gasteiger partial charge in [-0.1, -0.05) is 33.6 Å². The highest BCUT2D eigenvalue weighted by Crippen LogP contribution is 2.23. The van der Waals surface area contributed by atoms with E-state index in [0.29, 0.717) is 6.54 Å². The molecular weight excluding hydrogens is 289 g/mol. The molecule has 0 aromatic heterocycles. The molecule has 2 rings (SSSR count). The molecule has 1 aliphatic carbocycles. The summed E-state index contributed by atoms with van der Waals surface area (Å²) in [4.78, 5) is 0. The second kappa shape index (κ2) is 5.50. The Morgan fingerprint density at radius 1 is 1.44 bits per heavy atom. The maximum Gasteiger partial charge on any atom is 0.0693 e. The van der Waals surface area contributed by atoms with Crippen LogP contribution >= 0.6 is 27.5 Å². The normalized spacial score (nSPS) is 24.9. The van der Waals surface area contributed by atoms with Gasteiger partial charge in [-0.05, 0) is 37.0 Å².